The van der Waals surface area contributed by atoms with Crippen molar-refractivity contribution in [3.8, 4) is 0 Å². The highest BCUT2D eigenvalue weighted by Gasteiger charge is 2.27. The third-order valence-electron chi connectivity index (χ3n) is 5.78. The zero-order valence-electron chi connectivity index (χ0n) is 20.0. The Labute approximate surface area is 205 Å². The van der Waals surface area contributed by atoms with Crippen LogP contribution in [0.3, 0.4) is 0 Å². The summed E-state index contributed by atoms with van der Waals surface area (Å²) in [6.07, 6.45) is -0.254. The highest BCUT2D eigenvalue weighted by Crippen LogP contribution is 2.12. The summed E-state index contributed by atoms with van der Waals surface area (Å²) in [5.74, 6) is -1.17. The normalized spacial score (nSPS) is 12.3. The standard InChI is InChI=1S/C28H31N3O4/c1-19-13-14-23(15-20(19)2)17-24(26(29)32)30-27(33)25(16-21-9-5-3-6-10-21)31-28(34)35-18-22-11-7-4-8-12-22/h3-15,24-25H,16-18H2,1-2H3,(H2,29,32)(H,30,33)(H,31,34)/t24-,25-/m1/s1. The molecule has 0 aliphatic heterocycles. The highest BCUT2D eigenvalue weighted by molar-refractivity contribution is 5.91. The Morgan fingerprint density at radius 1 is 0.743 bits per heavy atom. The molecular weight excluding hydrogens is 442 g/mol. The van der Waals surface area contributed by atoms with E-state index in [-0.39, 0.29) is 19.4 Å². The van der Waals surface area contributed by atoms with Crippen LogP contribution < -0.4 is 16.4 Å². The molecule has 0 unspecified atom stereocenters. The predicted molar refractivity (Wildman–Crippen MR) is 134 cm³/mol. The Kier molecular flexibility index (Phi) is 9.01. The summed E-state index contributed by atoms with van der Waals surface area (Å²) in [5, 5.41) is 5.35. The fraction of sp³-hybridized carbons (Fsp3) is 0.250. The smallest absolute Gasteiger partial charge is 0.408 e. The molecule has 0 spiro atoms. The van der Waals surface area contributed by atoms with E-state index < -0.39 is 30.0 Å². The van der Waals surface area contributed by atoms with Gasteiger partial charge in [-0.3, -0.25) is 9.59 Å². The number of rotatable bonds is 10. The molecule has 7 nitrogen and oxygen atoms in total. The summed E-state index contributed by atoms with van der Waals surface area (Å²) in [6.45, 7) is 4.06. The van der Waals surface area contributed by atoms with Crippen LogP contribution in [-0.2, 0) is 33.8 Å². The summed E-state index contributed by atoms with van der Waals surface area (Å²) in [5.41, 5.74) is 10.4. The largest absolute Gasteiger partial charge is 0.445 e. The van der Waals surface area contributed by atoms with Gasteiger partial charge in [0.15, 0.2) is 0 Å². The minimum Gasteiger partial charge on any atom is -0.445 e. The average molecular weight is 474 g/mol. The lowest BCUT2D eigenvalue weighted by Crippen LogP contribution is -2.54. The molecule has 0 aliphatic rings. The molecule has 3 amide bonds. The molecule has 3 rings (SSSR count). The van der Waals surface area contributed by atoms with Crippen molar-refractivity contribution < 1.29 is 19.1 Å². The summed E-state index contributed by atoms with van der Waals surface area (Å²) >= 11 is 0. The van der Waals surface area contributed by atoms with E-state index in [1.165, 1.54) is 0 Å². The van der Waals surface area contributed by atoms with Crippen LogP contribution in [0.5, 0.6) is 0 Å². The van der Waals surface area contributed by atoms with Gasteiger partial charge in [-0.2, -0.15) is 0 Å². The van der Waals surface area contributed by atoms with Crippen molar-refractivity contribution in [3.05, 3.63) is 107 Å². The Morgan fingerprint density at radius 2 is 1.34 bits per heavy atom. The van der Waals surface area contributed by atoms with Crippen LogP contribution >= 0.6 is 0 Å². The predicted octanol–water partition coefficient (Wildman–Crippen LogP) is 3.35. The van der Waals surface area contributed by atoms with E-state index in [0.717, 1.165) is 27.8 Å². The molecule has 0 aromatic heterocycles. The van der Waals surface area contributed by atoms with Crippen LogP contribution in [0.1, 0.15) is 27.8 Å². The zero-order valence-corrected chi connectivity index (χ0v) is 20.0. The van der Waals surface area contributed by atoms with Crippen molar-refractivity contribution in [2.45, 2.75) is 45.4 Å². The maximum atomic E-state index is 13.2. The van der Waals surface area contributed by atoms with Gasteiger partial charge in [0.05, 0.1) is 0 Å². The Morgan fingerprint density at radius 3 is 1.94 bits per heavy atom. The Bertz CT molecular complexity index is 1150. The van der Waals surface area contributed by atoms with Crippen LogP contribution in [-0.4, -0.2) is 30.0 Å². The first-order valence-corrected chi connectivity index (χ1v) is 11.5. The summed E-state index contributed by atoms with van der Waals surface area (Å²) in [6, 6.07) is 22.5. The molecule has 3 aromatic carbocycles. The number of aryl methyl sites for hydroxylation is 2. The Balaban J connectivity index is 1.70. The number of hydrogen-bond acceptors (Lipinski definition) is 4. The number of alkyl carbamates (subject to hydrolysis) is 1. The number of carbonyl (C=O) groups is 3. The Hall–Kier alpha value is -4.13. The molecule has 0 saturated carbocycles. The second-order valence-corrected chi connectivity index (χ2v) is 8.53. The molecule has 7 heteroatoms. The van der Waals surface area contributed by atoms with Crippen molar-refractivity contribution in [1.29, 1.82) is 0 Å². The van der Waals surface area contributed by atoms with Gasteiger partial charge in [-0.25, -0.2) is 4.79 Å². The van der Waals surface area contributed by atoms with Crippen LogP contribution in [0.4, 0.5) is 4.79 Å². The first-order chi connectivity index (χ1) is 16.8. The molecular formula is C28H31N3O4. The second-order valence-electron chi connectivity index (χ2n) is 8.53. The average Bonchev–Trinajstić information content (AvgIpc) is 2.85. The number of nitrogens with one attached hydrogen (secondary N) is 2. The molecule has 3 aromatic rings. The minimum absolute atomic E-state index is 0.0725. The van der Waals surface area contributed by atoms with Crippen molar-refractivity contribution in [3.63, 3.8) is 0 Å². The lowest BCUT2D eigenvalue weighted by molar-refractivity contribution is -0.128. The van der Waals surface area contributed by atoms with Crippen LogP contribution in [0.2, 0.25) is 0 Å². The third-order valence-corrected chi connectivity index (χ3v) is 5.78. The number of primary amides is 1. The lowest BCUT2D eigenvalue weighted by atomic mass is 9.99. The van der Waals surface area contributed by atoms with Gasteiger partial charge in [0.25, 0.3) is 0 Å². The van der Waals surface area contributed by atoms with Gasteiger partial charge in [-0.1, -0.05) is 78.9 Å². The van der Waals surface area contributed by atoms with Crippen molar-refractivity contribution in [2.75, 3.05) is 0 Å². The maximum absolute atomic E-state index is 13.2. The molecule has 4 N–H and O–H groups in total. The summed E-state index contributed by atoms with van der Waals surface area (Å²) in [4.78, 5) is 37.8. The first kappa shape index (κ1) is 25.5. The quantitative estimate of drug-likeness (QED) is 0.419. The fourth-order valence-electron chi connectivity index (χ4n) is 3.63. The summed E-state index contributed by atoms with van der Waals surface area (Å²) in [7, 11) is 0. The number of amides is 3. The number of hydrogen-bond donors (Lipinski definition) is 3. The lowest BCUT2D eigenvalue weighted by Gasteiger charge is -2.22. The molecule has 182 valence electrons. The van der Waals surface area contributed by atoms with Gasteiger partial charge in [0, 0.05) is 12.8 Å². The first-order valence-electron chi connectivity index (χ1n) is 11.5. The van der Waals surface area contributed by atoms with E-state index in [1.807, 2.05) is 92.7 Å². The monoisotopic (exact) mass is 473 g/mol. The van der Waals surface area contributed by atoms with Gasteiger partial charge in [0.2, 0.25) is 11.8 Å². The summed E-state index contributed by atoms with van der Waals surface area (Å²) < 4.78 is 5.30. The van der Waals surface area contributed by atoms with E-state index in [1.54, 1.807) is 0 Å². The minimum atomic E-state index is -0.956. The van der Waals surface area contributed by atoms with Crippen molar-refractivity contribution >= 4 is 17.9 Å². The topological polar surface area (TPSA) is 111 Å². The van der Waals surface area contributed by atoms with Crippen LogP contribution in [0, 0.1) is 13.8 Å². The molecule has 0 heterocycles. The van der Waals surface area contributed by atoms with E-state index in [9.17, 15) is 14.4 Å². The molecule has 0 radical (unpaired) electrons. The third kappa shape index (κ3) is 7.99. The van der Waals surface area contributed by atoms with Gasteiger partial charge in [0.1, 0.15) is 18.7 Å². The van der Waals surface area contributed by atoms with Gasteiger partial charge >= 0.3 is 6.09 Å². The molecule has 35 heavy (non-hydrogen) atoms. The van der Waals surface area contributed by atoms with Gasteiger partial charge in [-0.15, -0.1) is 0 Å². The van der Waals surface area contributed by atoms with E-state index in [0.29, 0.717) is 0 Å². The SMILES string of the molecule is Cc1ccc(C[C@@H](NC(=O)[C@@H](Cc2ccccc2)NC(=O)OCc2ccccc2)C(N)=O)cc1C. The van der Waals surface area contributed by atoms with Crippen LogP contribution in [0.15, 0.2) is 78.9 Å². The van der Waals surface area contributed by atoms with Gasteiger partial charge < -0.3 is 21.1 Å². The second kappa shape index (κ2) is 12.4. The molecule has 0 fully saturated rings. The van der Waals surface area contributed by atoms with Crippen molar-refractivity contribution in [2.24, 2.45) is 5.73 Å². The fourth-order valence-corrected chi connectivity index (χ4v) is 3.63. The van der Waals surface area contributed by atoms with E-state index in [2.05, 4.69) is 10.6 Å². The van der Waals surface area contributed by atoms with E-state index in [4.69, 9.17) is 10.5 Å². The number of benzene rings is 3. The van der Waals surface area contributed by atoms with Gasteiger partial charge in [-0.05, 0) is 41.7 Å². The number of carbonyl (C=O) groups excluding carboxylic acids is 3. The zero-order chi connectivity index (χ0) is 25.2. The maximum Gasteiger partial charge on any atom is 0.408 e. The highest BCUT2D eigenvalue weighted by atomic mass is 16.5. The van der Waals surface area contributed by atoms with Crippen LogP contribution in [0.25, 0.3) is 0 Å². The molecule has 2 atom stereocenters. The number of ether oxygens (including phenoxy) is 1. The molecule has 0 bridgehead atoms. The molecule has 0 aliphatic carbocycles. The van der Waals surface area contributed by atoms with Crippen molar-refractivity contribution in [1.82, 2.24) is 10.6 Å². The molecule has 0 saturated heterocycles. The number of nitrogens with two attached hydrogens (primary N) is 1. The van der Waals surface area contributed by atoms with E-state index >= 15 is 0 Å².